The van der Waals surface area contributed by atoms with Gasteiger partial charge in [-0.25, -0.2) is 4.79 Å². The van der Waals surface area contributed by atoms with Crippen molar-refractivity contribution in [2.24, 2.45) is 13.0 Å². The molecule has 8 heteroatoms. The maximum absolute atomic E-state index is 12.0. The Kier molecular flexibility index (Phi) is 4.19. The van der Waals surface area contributed by atoms with Crippen LogP contribution < -0.4 is 0 Å². The quantitative estimate of drug-likeness (QED) is 0.763. The average Bonchev–Trinajstić information content (AvgIpc) is 3.20. The van der Waals surface area contributed by atoms with E-state index in [0.29, 0.717) is 29.5 Å². The van der Waals surface area contributed by atoms with Gasteiger partial charge in [0.25, 0.3) is 0 Å². The molecule has 0 amide bonds. The number of rotatable bonds is 5. The minimum atomic E-state index is -0.399. The number of carbonyl (C=O) groups is 1. The van der Waals surface area contributed by atoms with Gasteiger partial charge in [0.05, 0.1) is 25.6 Å². The van der Waals surface area contributed by atoms with E-state index in [1.807, 2.05) is 6.20 Å². The van der Waals surface area contributed by atoms with Crippen LogP contribution in [0.5, 0.6) is 0 Å². The van der Waals surface area contributed by atoms with Gasteiger partial charge in [-0.3, -0.25) is 9.36 Å². The second-order valence-electron chi connectivity index (χ2n) is 5.31. The van der Waals surface area contributed by atoms with Crippen LogP contribution in [0, 0.1) is 5.92 Å². The molecule has 1 fully saturated rings. The fourth-order valence-corrected chi connectivity index (χ4v) is 2.59. The molecule has 2 aromatic rings. The van der Waals surface area contributed by atoms with Crippen molar-refractivity contribution < 1.29 is 14.3 Å². The summed E-state index contributed by atoms with van der Waals surface area (Å²) >= 11 is 0. The summed E-state index contributed by atoms with van der Waals surface area (Å²) in [5, 5.41) is 12.4. The predicted octanol–water partition coefficient (Wildman–Crippen LogP) is 0.892. The third-order valence-corrected chi connectivity index (χ3v) is 3.68. The summed E-state index contributed by atoms with van der Waals surface area (Å²) in [5.41, 5.74) is 1.63. The van der Waals surface area contributed by atoms with Gasteiger partial charge in [0.1, 0.15) is 17.0 Å². The zero-order valence-electron chi connectivity index (χ0n) is 12.7. The summed E-state index contributed by atoms with van der Waals surface area (Å²) < 4.78 is 13.8. The molecule has 0 aromatic carbocycles. The van der Waals surface area contributed by atoms with Crippen LogP contribution in [0.25, 0.3) is 11.4 Å². The highest BCUT2D eigenvalue weighted by atomic mass is 16.5. The van der Waals surface area contributed by atoms with Gasteiger partial charge >= 0.3 is 5.97 Å². The van der Waals surface area contributed by atoms with Crippen molar-refractivity contribution in [3.8, 4) is 11.4 Å². The van der Waals surface area contributed by atoms with Crippen molar-refractivity contribution in [2.45, 2.75) is 19.9 Å². The van der Waals surface area contributed by atoms with Gasteiger partial charge in [0.15, 0.2) is 0 Å². The lowest BCUT2D eigenvalue weighted by atomic mass is 10.1. The molecule has 1 atom stereocenters. The number of nitrogens with zero attached hydrogens (tertiary/aromatic N) is 5. The Hall–Kier alpha value is -2.22. The highest BCUT2D eigenvalue weighted by Gasteiger charge is 2.22. The molecule has 2 aromatic heterocycles. The Bertz CT molecular complexity index is 657. The van der Waals surface area contributed by atoms with Crippen molar-refractivity contribution in [3.05, 3.63) is 18.0 Å². The van der Waals surface area contributed by atoms with Gasteiger partial charge in [-0.05, 0) is 13.3 Å². The van der Waals surface area contributed by atoms with Crippen LogP contribution in [0.3, 0.4) is 0 Å². The summed E-state index contributed by atoms with van der Waals surface area (Å²) in [4.78, 5) is 12.0. The number of aromatic nitrogens is 5. The maximum atomic E-state index is 12.0. The highest BCUT2D eigenvalue weighted by molar-refractivity contribution is 5.95. The van der Waals surface area contributed by atoms with E-state index in [1.54, 1.807) is 23.3 Å². The van der Waals surface area contributed by atoms with E-state index in [2.05, 4.69) is 15.4 Å². The zero-order chi connectivity index (χ0) is 15.5. The third-order valence-electron chi connectivity index (χ3n) is 3.68. The minimum Gasteiger partial charge on any atom is -0.462 e. The Morgan fingerprint density at radius 1 is 1.55 bits per heavy atom. The first-order valence-electron chi connectivity index (χ1n) is 7.36. The van der Waals surface area contributed by atoms with Crippen molar-refractivity contribution in [1.82, 2.24) is 24.8 Å². The molecule has 0 aliphatic carbocycles. The Morgan fingerprint density at radius 3 is 3.14 bits per heavy atom. The molecule has 0 N–H and O–H groups in total. The first kappa shape index (κ1) is 14.7. The molecule has 1 aliphatic heterocycles. The molecular weight excluding hydrogens is 286 g/mol. The number of hydrogen-bond donors (Lipinski definition) is 0. The van der Waals surface area contributed by atoms with Crippen molar-refractivity contribution in [2.75, 3.05) is 19.8 Å². The van der Waals surface area contributed by atoms with Crippen LogP contribution >= 0.6 is 0 Å². The molecule has 8 nitrogen and oxygen atoms in total. The van der Waals surface area contributed by atoms with E-state index < -0.39 is 5.97 Å². The Morgan fingerprint density at radius 2 is 2.41 bits per heavy atom. The largest absolute Gasteiger partial charge is 0.462 e. The van der Waals surface area contributed by atoms with Crippen LogP contribution in [-0.2, 0) is 23.1 Å². The first-order chi connectivity index (χ1) is 10.7. The highest BCUT2D eigenvalue weighted by Crippen LogP contribution is 2.22. The zero-order valence-corrected chi connectivity index (χ0v) is 12.7. The van der Waals surface area contributed by atoms with Crippen LogP contribution in [0.1, 0.15) is 23.7 Å². The van der Waals surface area contributed by atoms with Crippen molar-refractivity contribution in [1.29, 1.82) is 0 Å². The fourth-order valence-electron chi connectivity index (χ4n) is 2.59. The summed E-state index contributed by atoms with van der Waals surface area (Å²) in [5.74, 6) is 0.0648. The van der Waals surface area contributed by atoms with Crippen LogP contribution in [-0.4, -0.2) is 50.6 Å². The van der Waals surface area contributed by atoms with Gasteiger partial charge in [-0.2, -0.15) is 5.10 Å². The topological polar surface area (TPSA) is 84.1 Å². The monoisotopic (exact) mass is 305 g/mol. The van der Waals surface area contributed by atoms with Gasteiger partial charge < -0.3 is 9.47 Å². The van der Waals surface area contributed by atoms with Gasteiger partial charge in [0, 0.05) is 26.1 Å². The van der Waals surface area contributed by atoms with E-state index in [9.17, 15) is 4.79 Å². The minimum absolute atomic E-state index is 0.321. The number of aryl methyl sites for hydroxylation is 1. The summed E-state index contributed by atoms with van der Waals surface area (Å²) in [6.07, 6.45) is 4.37. The Balaban J connectivity index is 1.83. The lowest BCUT2D eigenvalue weighted by molar-refractivity contribution is 0.0527. The van der Waals surface area contributed by atoms with E-state index in [0.717, 1.165) is 26.2 Å². The molecule has 0 radical (unpaired) electrons. The average molecular weight is 305 g/mol. The molecule has 0 spiro atoms. The third kappa shape index (κ3) is 2.87. The van der Waals surface area contributed by atoms with E-state index in [-0.39, 0.29) is 0 Å². The molecule has 1 aliphatic rings. The lowest BCUT2D eigenvalue weighted by Crippen LogP contribution is -2.11. The van der Waals surface area contributed by atoms with E-state index in [4.69, 9.17) is 9.47 Å². The second-order valence-corrected chi connectivity index (χ2v) is 5.31. The summed E-state index contributed by atoms with van der Waals surface area (Å²) in [6, 6.07) is 0. The maximum Gasteiger partial charge on any atom is 0.342 e. The fraction of sp³-hybridized carbons (Fsp3) is 0.571. The number of hydrogen-bond acceptors (Lipinski definition) is 6. The number of esters is 1. The van der Waals surface area contributed by atoms with Crippen molar-refractivity contribution in [3.63, 3.8) is 0 Å². The standard InChI is InChI=1S/C14H19N5O3/c1-3-22-14(20)11-6-15-18(2)13(11)12-8-19(17-16-12)7-10-4-5-21-9-10/h6,8,10H,3-5,7,9H2,1-2H3. The second kappa shape index (κ2) is 6.27. The molecule has 0 saturated carbocycles. The Labute approximate surface area is 128 Å². The molecular formula is C14H19N5O3. The van der Waals surface area contributed by atoms with E-state index in [1.165, 1.54) is 6.20 Å². The molecule has 1 unspecified atom stereocenters. The first-order valence-corrected chi connectivity index (χ1v) is 7.36. The summed E-state index contributed by atoms with van der Waals surface area (Å²) in [6.45, 7) is 4.42. The molecule has 118 valence electrons. The van der Waals surface area contributed by atoms with Gasteiger partial charge in [0.2, 0.25) is 0 Å². The van der Waals surface area contributed by atoms with Crippen LogP contribution in [0.4, 0.5) is 0 Å². The predicted molar refractivity (Wildman–Crippen MR) is 77.1 cm³/mol. The summed E-state index contributed by atoms with van der Waals surface area (Å²) in [7, 11) is 1.77. The van der Waals surface area contributed by atoms with Crippen LogP contribution in [0.2, 0.25) is 0 Å². The normalized spacial score (nSPS) is 17.8. The molecule has 3 heterocycles. The molecule has 0 bridgehead atoms. The van der Waals surface area contributed by atoms with Gasteiger partial charge in [-0.15, -0.1) is 5.10 Å². The lowest BCUT2D eigenvalue weighted by Gasteiger charge is -2.05. The van der Waals surface area contributed by atoms with Crippen LogP contribution in [0.15, 0.2) is 12.4 Å². The smallest absolute Gasteiger partial charge is 0.342 e. The number of ether oxygens (including phenoxy) is 2. The van der Waals surface area contributed by atoms with Crippen molar-refractivity contribution >= 4 is 5.97 Å². The molecule has 1 saturated heterocycles. The SMILES string of the molecule is CCOC(=O)c1cnn(C)c1-c1cn(CC2CCOC2)nn1. The number of carbonyl (C=O) groups excluding carboxylic acids is 1. The van der Waals surface area contributed by atoms with E-state index >= 15 is 0 Å². The molecule has 22 heavy (non-hydrogen) atoms. The van der Waals surface area contributed by atoms with Gasteiger partial charge in [-0.1, -0.05) is 5.21 Å². The molecule has 3 rings (SSSR count).